The van der Waals surface area contributed by atoms with Gasteiger partial charge in [0.25, 0.3) is 5.91 Å². The first-order valence-corrected chi connectivity index (χ1v) is 7.77. The van der Waals surface area contributed by atoms with Gasteiger partial charge in [-0.15, -0.1) is 0 Å². The molecule has 112 valence electrons. The molecule has 0 aliphatic carbocycles. The zero-order chi connectivity index (χ0) is 15.3. The van der Waals surface area contributed by atoms with Crippen LogP contribution in [0.1, 0.15) is 19.4 Å². The molecule has 3 N–H and O–H groups in total. The Labute approximate surface area is 119 Å². The van der Waals surface area contributed by atoms with E-state index >= 15 is 0 Å². The first-order valence-electron chi connectivity index (χ1n) is 6.23. The van der Waals surface area contributed by atoms with E-state index in [-0.39, 0.29) is 17.4 Å². The maximum Gasteiger partial charge on any atom is 0.257 e. The SMILES string of the molecule is Cc1cc(OCC(=O)NCC(C)C)ccc1S(N)(=O)=O. The fourth-order valence-electron chi connectivity index (χ4n) is 1.55. The normalized spacial score (nSPS) is 11.4. The molecule has 20 heavy (non-hydrogen) atoms. The number of rotatable bonds is 6. The number of hydrogen-bond acceptors (Lipinski definition) is 4. The van der Waals surface area contributed by atoms with Crippen LogP contribution >= 0.6 is 0 Å². The third-order valence-electron chi connectivity index (χ3n) is 2.53. The molecule has 1 aromatic carbocycles. The average molecular weight is 300 g/mol. The predicted octanol–water partition coefficient (Wildman–Crippen LogP) is 0.793. The van der Waals surface area contributed by atoms with Crippen molar-refractivity contribution in [3.05, 3.63) is 23.8 Å². The van der Waals surface area contributed by atoms with Crippen molar-refractivity contribution >= 4 is 15.9 Å². The van der Waals surface area contributed by atoms with E-state index in [2.05, 4.69) is 5.32 Å². The molecule has 0 atom stereocenters. The molecule has 0 saturated carbocycles. The fourth-order valence-corrected chi connectivity index (χ4v) is 2.31. The molecule has 6 nitrogen and oxygen atoms in total. The number of primary sulfonamides is 1. The molecule has 0 fully saturated rings. The monoisotopic (exact) mass is 300 g/mol. The Kier molecular flexibility index (Phi) is 5.52. The molecule has 0 unspecified atom stereocenters. The molecule has 1 rings (SSSR count). The zero-order valence-corrected chi connectivity index (χ0v) is 12.7. The number of benzene rings is 1. The van der Waals surface area contributed by atoms with Crippen molar-refractivity contribution in [2.24, 2.45) is 11.1 Å². The van der Waals surface area contributed by atoms with Crippen LogP contribution in [0.15, 0.2) is 23.1 Å². The highest BCUT2D eigenvalue weighted by molar-refractivity contribution is 7.89. The molecular formula is C13H20N2O4S. The first kappa shape index (κ1) is 16.5. The Morgan fingerprint density at radius 3 is 2.55 bits per heavy atom. The second-order valence-corrected chi connectivity index (χ2v) is 6.49. The number of carbonyl (C=O) groups is 1. The Bertz CT molecular complexity index is 582. The lowest BCUT2D eigenvalue weighted by atomic mass is 10.2. The summed E-state index contributed by atoms with van der Waals surface area (Å²) in [7, 11) is -3.73. The van der Waals surface area contributed by atoms with Gasteiger partial charge in [-0.05, 0) is 36.6 Å². The van der Waals surface area contributed by atoms with Gasteiger partial charge >= 0.3 is 0 Å². The van der Waals surface area contributed by atoms with E-state index in [1.54, 1.807) is 6.92 Å². The summed E-state index contributed by atoms with van der Waals surface area (Å²) in [5.74, 6) is 0.580. The van der Waals surface area contributed by atoms with Crippen LogP contribution < -0.4 is 15.2 Å². The molecule has 1 aromatic rings. The second kappa shape index (κ2) is 6.71. The number of nitrogens with one attached hydrogen (secondary N) is 1. The lowest BCUT2D eigenvalue weighted by Gasteiger charge is -2.10. The van der Waals surface area contributed by atoms with Crippen LogP contribution in [-0.2, 0) is 14.8 Å². The van der Waals surface area contributed by atoms with Gasteiger partial charge in [0.15, 0.2) is 6.61 Å². The molecule has 1 amide bonds. The maximum atomic E-state index is 11.5. The highest BCUT2D eigenvalue weighted by Gasteiger charge is 2.12. The highest BCUT2D eigenvalue weighted by atomic mass is 32.2. The van der Waals surface area contributed by atoms with Gasteiger partial charge in [0.1, 0.15) is 5.75 Å². The number of nitrogens with two attached hydrogens (primary N) is 1. The van der Waals surface area contributed by atoms with E-state index in [1.165, 1.54) is 18.2 Å². The minimum atomic E-state index is -3.73. The average Bonchev–Trinajstić information content (AvgIpc) is 2.32. The Morgan fingerprint density at radius 1 is 1.40 bits per heavy atom. The smallest absolute Gasteiger partial charge is 0.257 e. The van der Waals surface area contributed by atoms with Crippen molar-refractivity contribution < 1.29 is 17.9 Å². The lowest BCUT2D eigenvalue weighted by Crippen LogP contribution is -2.31. The molecular weight excluding hydrogens is 280 g/mol. The molecule has 0 saturated heterocycles. The van der Waals surface area contributed by atoms with Gasteiger partial charge in [-0.3, -0.25) is 4.79 Å². The van der Waals surface area contributed by atoms with Crippen molar-refractivity contribution in [2.45, 2.75) is 25.7 Å². The predicted molar refractivity (Wildman–Crippen MR) is 75.9 cm³/mol. The van der Waals surface area contributed by atoms with Crippen LogP contribution in [-0.4, -0.2) is 27.5 Å². The zero-order valence-electron chi connectivity index (χ0n) is 11.8. The molecule has 0 aromatic heterocycles. The van der Waals surface area contributed by atoms with Gasteiger partial charge in [0, 0.05) is 6.54 Å². The third-order valence-corrected chi connectivity index (χ3v) is 3.60. The number of sulfonamides is 1. The highest BCUT2D eigenvalue weighted by Crippen LogP contribution is 2.20. The van der Waals surface area contributed by atoms with Crippen LogP contribution in [0.5, 0.6) is 5.75 Å². The van der Waals surface area contributed by atoms with Gasteiger partial charge in [-0.1, -0.05) is 13.8 Å². The number of carbonyl (C=O) groups excluding carboxylic acids is 1. The third kappa shape index (κ3) is 5.18. The molecule has 0 bridgehead atoms. The van der Waals surface area contributed by atoms with Crippen LogP contribution in [0.4, 0.5) is 0 Å². The summed E-state index contributed by atoms with van der Waals surface area (Å²) < 4.78 is 27.8. The molecule has 0 aliphatic heterocycles. The van der Waals surface area contributed by atoms with E-state index in [1.807, 2.05) is 13.8 Å². The number of amides is 1. The molecule has 0 aliphatic rings. The van der Waals surface area contributed by atoms with E-state index in [4.69, 9.17) is 9.88 Å². The number of ether oxygens (including phenoxy) is 1. The summed E-state index contributed by atoms with van der Waals surface area (Å²) >= 11 is 0. The van der Waals surface area contributed by atoms with E-state index < -0.39 is 10.0 Å². The van der Waals surface area contributed by atoms with Crippen LogP contribution in [0, 0.1) is 12.8 Å². The van der Waals surface area contributed by atoms with E-state index in [0.717, 1.165) is 0 Å². The fraction of sp³-hybridized carbons (Fsp3) is 0.462. The summed E-state index contributed by atoms with van der Waals surface area (Å²) in [6, 6.07) is 4.38. The number of hydrogen-bond donors (Lipinski definition) is 2. The lowest BCUT2D eigenvalue weighted by molar-refractivity contribution is -0.123. The largest absolute Gasteiger partial charge is 0.484 e. The summed E-state index contributed by atoms with van der Waals surface area (Å²) in [5, 5.41) is 7.79. The molecule has 0 radical (unpaired) electrons. The summed E-state index contributed by atoms with van der Waals surface area (Å²) in [6.45, 7) is 6.09. The maximum absolute atomic E-state index is 11.5. The minimum absolute atomic E-state index is 0.0501. The van der Waals surface area contributed by atoms with Crippen molar-refractivity contribution in [2.75, 3.05) is 13.2 Å². The summed E-state index contributed by atoms with van der Waals surface area (Å²) in [6.07, 6.45) is 0. The van der Waals surface area contributed by atoms with Gasteiger partial charge in [-0.25, -0.2) is 13.6 Å². The Morgan fingerprint density at radius 2 is 2.05 bits per heavy atom. The molecule has 0 spiro atoms. The van der Waals surface area contributed by atoms with Crippen molar-refractivity contribution in [1.29, 1.82) is 0 Å². The second-order valence-electron chi connectivity index (χ2n) is 4.96. The summed E-state index contributed by atoms with van der Waals surface area (Å²) in [5.41, 5.74) is 0.479. The molecule has 7 heteroatoms. The minimum Gasteiger partial charge on any atom is -0.484 e. The van der Waals surface area contributed by atoms with E-state index in [9.17, 15) is 13.2 Å². The quantitative estimate of drug-likeness (QED) is 0.811. The summed E-state index contributed by atoms with van der Waals surface area (Å²) in [4.78, 5) is 11.5. The Balaban J connectivity index is 2.62. The van der Waals surface area contributed by atoms with Gasteiger partial charge in [0.05, 0.1) is 4.90 Å². The molecule has 0 heterocycles. The van der Waals surface area contributed by atoms with Crippen LogP contribution in [0.2, 0.25) is 0 Å². The van der Waals surface area contributed by atoms with Gasteiger partial charge < -0.3 is 10.1 Å². The standard InChI is InChI=1S/C13H20N2O4S/c1-9(2)7-15-13(16)8-19-11-4-5-12(10(3)6-11)20(14,17)18/h4-6,9H,7-8H2,1-3H3,(H,15,16)(H2,14,17,18). The van der Waals surface area contributed by atoms with E-state index in [0.29, 0.717) is 23.8 Å². The van der Waals surface area contributed by atoms with Gasteiger partial charge in [0.2, 0.25) is 10.0 Å². The topological polar surface area (TPSA) is 98.5 Å². The van der Waals surface area contributed by atoms with Crippen LogP contribution in [0.3, 0.4) is 0 Å². The van der Waals surface area contributed by atoms with Crippen LogP contribution in [0.25, 0.3) is 0 Å². The van der Waals surface area contributed by atoms with Crippen molar-refractivity contribution in [1.82, 2.24) is 5.32 Å². The number of aryl methyl sites for hydroxylation is 1. The van der Waals surface area contributed by atoms with Crippen molar-refractivity contribution in [3.8, 4) is 5.75 Å². The Hall–Kier alpha value is -1.60. The first-order chi connectivity index (χ1) is 9.20. The van der Waals surface area contributed by atoms with Gasteiger partial charge in [-0.2, -0.15) is 0 Å². The van der Waals surface area contributed by atoms with Crippen molar-refractivity contribution in [3.63, 3.8) is 0 Å².